The number of hydrogen-bond donors (Lipinski definition) is 0. The maximum atomic E-state index is 5.97. The van der Waals surface area contributed by atoms with Crippen LogP contribution in [0.15, 0.2) is 29.4 Å². The van der Waals surface area contributed by atoms with Gasteiger partial charge < -0.3 is 9.47 Å². The molecule has 0 saturated heterocycles. The third-order valence-corrected chi connectivity index (χ3v) is 8.03. The molecule has 0 radical (unpaired) electrons. The molecule has 1 unspecified atom stereocenters. The zero-order valence-electron chi connectivity index (χ0n) is 21.3. The van der Waals surface area contributed by atoms with Gasteiger partial charge in [0.2, 0.25) is 0 Å². The van der Waals surface area contributed by atoms with Crippen LogP contribution in [0.1, 0.15) is 115 Å². The number of hydrogen-bond acceptors (Lipinski definition) is 5. The van der Waals surface area contributed by atoms with Crippen molar-refractivity contribution in [3.63, 3.8) is 0 Å². The van der Waals surface area contributed by atoms with Crippen LogP contribution in [-0.4, -0.2) is 29.5 Å². The molecule has 0 aromatic heterocycles. The summed E-state index contributed by atoms with van der Waals surface area (Å²) in [6, 6.07) is 9.22. The average Bonchev–Trinajstić information content (AvgIpc) is 3.28. The highest BCUT2D eigenvalue weighted by atomic mass is 32.2. The standard InChI is InChI=1S/C28H46N2O2S/c1-4-7-9-11-22-31-26-19-15-24(16-20-26)27-30(29-28(33-27)32-21-6-3)25-17-13-23(14-18-25)12-10-8-5-2/h15-16,19-20,23,25,27H,4-14,17-18,21-22H2,1-3H3. The van der Waals surface area contributed by atoms with E-state index in [1.807, 2.05) is 0 Å². The van der Waals surface area contributed by atoms with Crippen LogP contribution in [0.2, 0.25) is 0 Å². The minimum Gasteiger partial charge on any atom is -0.494 e. The van der Waals surface area contributed by atoms with Crippen molar-refractivity contribution in [3.8, 4) is 5.75 Å². The van der Waals surface area contributed by atoms with Crippen LogP contribution in [0.4, 0.5) is 0 Å². The number of rotatable bonds is 14. The molecule has 1 fully saturated rings. The fourth-order valence-electron chi connectivity index (χ4n) is 4.89. The molecule has 186 valence electrons. The van der Waals surface area contributed by atoms with E-state index in [-0.39, 0.29) is 5.37 Å². The predicted octanol–water partition coefficient (Wildman–Crippen LogP) is 8.53. The monoisotopic (exact) mass is 474 g/mol. The zero-order valence-corrected chi connectivity index (χ0v) is 22.1. The van der Waals surface area contributed by atoms with E-state index in [1.54, 1.807) is 11.8 Å². The highest BCUT2D eigenvalue weighted by molar-refractivity contribution is 8.13. The summed E-state index contributed by atoms with van der Waals surface area (Å²) in [5.74, 6) is 1.89. The van der Waals surface area contributed by atoms with E-state index in [9.17, 15) is 0 Å². The van der Waals surface area contributed by atoms with Crippen molar-refractivity contribution in [2.24, 2.45) is 11.0 Å². The van der Waals surface area contributed by atoms with Gasteiger partial charge in [-0.2, -0.15) is 0 Å². The summed E-state index contributed by atoms with van der Waals surface area (Å²) >= 11 is 1.77. The summed E-state index contributed by atoms with van der Waals surface area (Å²) in [7, 11) is 0. The third kappa shape index (κ3) is 8.42. The maximum absolute atomic E-state index is 5.97. The second kappa shape index (κ2) is 14.8. The summed E-state index contributed by atoms with van der Waals surface area (Å²) in [4.78, 5) is 0. The first-order valence-electron chi connectivity index (χ1n) is 13.6. The second-order valence-electron chi connectivity index (χ2n) is 9.71. The van der Waals surface area contributed by atoms with E-state index in [0.29, 0.717) is 6.04 Å². The lowest BCUT2D eigenvalue weighted by atomic mass is 9.82. The largest absolute Gasteiger partial charge is 0.494 e. The molecule has 1 heterocycles. The van der Waals surface area contributed by atoms with Crippen molar-refractivity contribution in [2.45, 2.75) is 116 Å². The molecule has 1 aliphatic carbocycles. The molecule has 2 aliphatic rings. The van der Waals surface area contributed by atoms with E-state index in [0.717, 1.165) is 43.0 Å². The summed E-state index contributed by atoms with van der Waals surface area (Å²) in [6.07, 6.45) is 16.6. The molecule has 1 aromatic rings. The molecule has 1 saturated carbocycles. The van der Waals surface area contributed by atoms with Crippen LogP contribution in [-0.2, 0) is 4.74 Å². The van der Waals surface area contributed by atoms with Crippen molar-refractivity contribution in [1.82, 2.24) is 5.01 Å². The van der Waals surface area contributed by atoms with Gasteiger partial charge in [0.15, 0.2) is 0 Å². The quantitative estimate of drug-likeness (QED) is 0.253. The molecular formula is C28H46N2O2S. The molecule has 1 aliphatic heterocycles. The summed E-state index contributed by atoms with van der Waals surface area (Å²) < 4.78 is 11.9. The van der Waals surface area contributed by atoms with E-state index < -0.39 is 0 Å². The Bertz CT molecular complexity index is 686. The zero-order chi connectivity index (χ0) is 23.3. The van der Waals surface area contributed by atoms with Crippen LogP contribution in [0.5, 0.6) is 5.75 Å². The first-order valence-corrected chi connectivity index (χ1v) is 14.5. The van der Waals surface area contributed by atoms with Crippen molar-refractivity contribution in [1.29, 1.82) is 0 Å². The maximum Gasteiger partial charge on any atom is 0.269 e. The molecule has 5 heteroatoms. The lowest BCUT2D eigenvalue weighted by Gasteiger charge is -2.36. The Balaban J connectivity index is 1.57. The molecule has 33 heavy (non-hydrogen) atoms. The summed E-state index contributed by atoms with van der Waals surface area (Å²) in [5.41, 5.74) is 1.29. The molecular weight excluding hydrogens is 428 g/mol. The fraction of sp³-hybridized carbons (Fsp3) is 0.750. The van der Waals surface area contributed by atoms with Gasteiger partial charge in [0.05, 0.1) is 13.2 Å². The Kier molecular flexibility index (Phi) is 11.8. The van der Waals surface area contributed by atoms with E-state index >= 15 is 0 Å². The predicted molar refractivity (Wildman–Crippen MR) is 142 cm³/mol. The van der Waals surface area contributed by atoms with Gasteiger partial charge in [-0.25, -0.2) is 0 Å². The van der Waals surface area contributed by atoms with Crippen molar-refractivity contribution in [2.75, 3.05) is 13.2 Å². The molecule has 0 amide bonds. The van der Waals surface area contributed by atoms with Gasteiger partial charge in [0, 0.05) is 6.04 Å². The van der Waals surface area contributed by atoms with Gasteiger partial charge in [0.1, 0.15) is 11.1 Å². The topological polar surface area (TPSA) is 34.1 Å². The van der Waals surface area contributed by atoms with Crippen LogP contribution in [0, 0.1) is 5.92 Å². The lowest BCUT2D eigenvalue weighted by Crippen LogP contribution is -2.34. The summed E-state index contributed by atoms with van der Waals surface area (Å²) in [6.45, 7) is 8.23. The van der Waals surface area contributed by atoms with Crippen molar-refractivity contribution < 1.29 is 9.47 Å². The molecule has 1 atom stereocenters. The van der Waals surface area contributed by atoms with Crippen LogP contribution >= 0.6 is 11.8 Å². The van der Waals surface area contributed by atoms with Gasteiger partial charge in [-0.05, 0) is 73.9 Å². The Morgan fingerprint density at radius 3 is 2.24 bits per heavy atom. The Morgan fingerprint density at radius 1 is 0.818 bits per heavy atom. The van der Waals surface area contributed by atoms with E-state index in [4.69, 9.17) is 14.6 Å². The Morgan fingerprint density at radius 2 is 1.55 bits per heavy atom. The van der Waals surface area contributed by atoms with Crippen LogP contribution in [0.25, 0.3) is 0 Å². The molecule has 4 nitrogen and oxygen atoms in total. The van der Waals surface area contributed by atoms with Gasteiger partial charge in [-0.15, -0.1) is 5.10 Å². The van der Waals surface area contributed by atoms with E-state index in [2.05, 4.69) is 50.0 Å². The highest BCUT2D eigenvalue weighted by Crippen LogP contribution is 2.44. The Hall–Kier alpha value is -1.36. The second-order valence-corrected chi connectivity index (χ2v) is 10.7. The molecule has 0 N–H and O–H groups in total. The average molecular weight is 475 g/mol. The first-order chi connectivity index (χ1) is 16.2. The number of benzene rings is 1. The van der Waals surface area contributed by atoms with Gasteiger partial charge in [0.25, 0.3) is 5.23 Å². The fourth-order valence-corrected chi connectivity index (χ4v) is 6.00. The number of ether oxygens (including phenoxy) is 2. The van der Waals surface area contributed by atoms with Gasteiger partial charge in [-0.1, -0.05) is 77.8 Å². The van der Waals surface area contributed by atoms with Crippen molar-refractivity contribution >= 4 is 17.0 Å². The molecule has 3 rings (SSSR count). The van der Waals surface area contributed by atoms with Crippen molar-refractivity contribution in [3.05, 3.63) is 29.8 Å². The number of unbranched alkanes of at least 4 members (excludes halogenated alkanes) is 5. The number of hydrazone groups is 1. The molecule has 1 aromatic carbocycles. The SMILES string of the molecule is CCCCCCOc1ccc(C2SC(OCCC)=NN2C2CCC(CCCCC)CC2)cc1. The first kappa shape index (κ1) is 26.2. The molecule has 0 spiro atoms. The van der Waals surface area contributed by atoms with Crippen LogP contribution in [0.3, 0.4) is 0 Å². The summed E-state index contributed by atoms with van der Waals surface area (Å²) in [5, 5.41) is 8.37. The van der Waals surface area contributed by atoms with E-state index in [1.165, 1.54) is 76.2 Å². The number of thioether (sulfide) groups is 1. The van der Waals surface area contributed by atoms with Gasteiger partial charge in [-0.3, -0.25) is 5.01 Å². The Labute approximate surface area is 206 Å². The lowest BCUT2D eigenvalue weighted by molar-refractivity contribution is 0.127. The third-order valence-electron chi connectivity index (χ3n) is 6.92. The normalized spacial score (nSPS) is 22.9. The minimum absolute atomic E-state index is 0.206. The van der Waals surface area contributed by atoms with Gasteiger partial charge >= 0.3 is 0 Å². The minimum atomic E-state index is 0.206. The number of nitrogens with zero attached hydrogens (tertiary/aromatic N) is 2. The molecule has 0 bridgehead atoms. The van der Waals surface area contributed by atoms with Crippen LogP contribution < -0.4 is 4.74 Å². The smallest absolute Gasteiger partial charge is 0.269 e. The highest BCUT2D eigenvalue weighted by Gasteiger charge is 2.36.